The van der Waals surface area contributed by atoms with E-state index in [1.54, 1.807) is 49.6 Å². The number of halogens is 2. The summed E-state index contributed by atoms with van der Waals surface area (Å²) in [6.45, 7) is 0. The second-order valence-corrected chi connectivity index (χ2v) is 4.87. The minimum atomic E-state index is -0.873. The van der Waals surface area contributed by atoms with Crippen molar-refractivity contribution in [2.24, 2.45) is 0 Å². The maximum absolute atomic E-state index is 14.4. The molecule has 2 nitrogen and oxygen atoms in total. The lowest BCUT2D eigenvalue weighted by atomic mass is 9.99. The van der Waals surface area contributed by atoms with Gasteiger partial charge in [0.25, 0.3) is 0 Å². The molecular formula is C18H14F2O2. The molecule has 3 aromatic carbocycles. The van der Waals surface area contributed by atoms with Gasteiger partial charge in [-0.25, -0.2) is 8.78 Å². The van der Waals surface area contributed by atoms with Crippen LogP contribution in [0.2, 0.25) is 0 Å². The summed E-state index contributed by atoms with van der Waals surface area (Å²) in [7, 11) is 3.04. The van der Waals surface area contributed by atoms with Crippen LogP contribution in [-0.4, -0.2) is 14.2 Å². The van der Waals surface area contributed by atoms with E-state index >= 15 is 0 Å². The van der Waals surface area contributed by atoms with E-state index in [1.165, 1.54) is 13.2 Å². The van der Waals surface area contributed by atoms with E-state index in [2.05, 4.69) is 0 Å². The van der Waals surface area contributed by atoms with Gasteiger partial charge in [0.05, 0.1) is 14.2 Å². The van der Waals surface area contributed by atoms with Gasteiger partial charge in [-0.15, -0.1) is 0 Å². The van der Waals surface area contributed by atoms with Gasteiger partial charge in [0.1, 0.15) is 11.5 Å². The van der Waals surface area contributed by atoms with Crippen LogP contribution < -0.4 is 9.47 Å². The smallest absolute Gasteiger partial charge is 0.167 e. The third-order valence-electron chi connectivity index (χ3n) is 3.63. The van der Waals surface area contributed by atoms with Gasteiger partial charge in [-0.2, -0.15) is 0 Å². The van der Waals surface area contributed by atoms with E-state index in [-0.39, 0.29) is 10.9 Å². The number of rotatable bonds is 3. The molecule has 3 aromatic rings. The Balaban J connectivity index is 2.19. The molecule has 0 aromatic heterocycles. The van der Waals surface area contributed by atoms with Gasteiger partial charge in [0, 0.05) is 10.9 Å². The average Bonchev–Trinajstić information content (AvgIpc) is 2.58. The monoisotopic (exact) mass is 300 g/mol. The van der Waals surface area contributed by atoms with Gasteiger partial charge in [-0.1, -0.05) is 18.2 Å². The van der Waals surface area contributed by atoms with E-state index in [0.717, 1.165) is 0 Å². The van der Waals surface area contributed by atoms with Gasteiger partial charge in [0.15, 0.2) is 11.6 Å². The molecule has 0 saturated carbocycles. The Kier molecular flexibility index (Phi) is 3.67. The predicted molar refractivity (Wildman–Crippen MR) is 82.4 cm³/mol. The van der Waals surface area contributed by atoms with Gasteiger partial charge >= 0.3 is 0 Å². The van der Waals surface area contributed by atoms with Crippen molar-refractivity contribution in [3.63, 3.8) is 0 Å². The second kappa shape index (κ2) is 5.64. The molecule has 0 bridgehead atoms. The van der Waals surface area contributed by atoms with Crippen LogP contribution >= 0.6 is 0 Å². The van der Waals surface area contributed by atoms with Gasteiger partial charge in [-0.05, 0) is 41.3 Å². The number of benzene rings is 3. The number of ether oxygens (including phenoxy) is 2. The van der Waals surface area contributed by atoms with Crippen molar-refractivity contribution in [2.75, 3.05) is 14.2 Å². The van der Waals surface area contributed by atoms with Gasteiger partial charge in [0.2, 0.25) is 0 Å². The van der Waals surface area contributed by atoms with Crippen molar-refractivity contribution in [1.82, 2.24) is 0 Å². The first-order valence-corrected chi connectivity index (χ1v) is 6.74. The second-order valence-electron chi connectivity index (χ2n) is 4.87. The van der Waals surface area contributed by atoms with Crippen LogP contribution in [-0.2, 0) is 0 Å². The highest BCUT2D eigenvalue weighted by atomic mass is 19.2. The molecular weight excluding hydrogens is 286 g/mol. The van der Waals surface area contributed by atoms with E-state index < -0.39 is 11.6 Å². The summed E-state index contributed by atoms with van der Waals surface area (Å²) in [6, 6.07) is 13.4. The maximum atomic E-state index is 14.4. The summed E-state index contributed by atoms with van der Waals surface area (Å²) in [5.41, 5.74) is 0.813. The average molecular weight is 300 g/mol. The molecule has 0 atom stereocenters. The van der Waals surface area contributed by atoms with Crippen molar-refractivity contribution >= 4 is 10.8 Å². The zero-order valence-corrected chi connectivity index (χ0v) is 12.2. The first kappa shape index (κ1) is 14.3. The fourth-order valence-corrected chi connectivity index (χ4v) is 2.41. The molecule has 0 spiro atoms. The van der Waals surface area contributed by atoms with Crippen molar-refractivity contribution < 1.29 is 18.3 Å². The van der Waals surface area contributed by atoms with E-state index in [4.69, 9.17) is 9.47 Å². The Labute approximate surface area is 126 Å². The SMILES string of the molecule is COc1ccc(-c2cc3ccc(OC)cc3c(F)c2F)cc1. The molecule has 0 saturated heterocycles. The fraction of sp³-hybridized carbons (Fsp3) is 0.111. The lowest BCUT2D eigenvalue weighted by molar-refractivity contribution is 0.414. The minimum Gasteiger partial charge on any atom is -0.497 e. The predicted octanol–water partition coefficient (Wildman–Crippen LogP) is 4.80. The summed E-state index contributed by atoms with van der Waals surface area (Å²) >= 11 is 0. The van der Waals surface area contributed by atoms with Crippen molar-refractivity contribution in [3.05, 3.63) is 60.2 Å². The van der Waals surface area contributed by atoms with Crippen LogP contribution in [0.5, 0.6) is 11.5 Å². The Bertz CT molecular complexity index is 827. The third kappa shape index (κ3) is 2.37. The third-order valence-corrected chi connectivity index (χ3v) is 3.63. The summed E-state index contributed by atoms with van der Waals surface area (Å²) in [5, 5.41) is 0.819. The Morgan fingerprint density at radius 2 is 1.36 bits per heavy atom. The normalized spacial score (nSPS) is 10.7. The highest BCUT2D eigenvalue weighted by Gasteiger charge is 2.15. The largest absolute Gasteiger partial charge is 0.497 e. The van der Waals surface area contributed by atoms with Crippen LogP contribution in [0.1, 0.15) is 0 Å². The molecule has 0 aliphatic carbocycles. The molecule has 3 rings (SSSR count). The van der Waals surface area contributed by atoms with Crippen LogP contribution in [0.3, 0.4) is 0 Å². The summed E-state index contributed by atoms with van der Waals surface area (Å²) in [5.74, 6) is -0.591. The molecule has 0 amide bonds. The molecule has 0 unspecified atom stereocenters. The minimum absolute atomic E-state index is 0.203. The van der Waals surface area contributed by atoms with Crippen LogP contribution in [0.25, 0.3) is 21.9 Å². The molecule has 0 N–H and O–H groups in total. The molecule has 0 fully saturated rings. The van der Waals surface area contributed by atoms with Crippen molar-refractivity contribution in [1.29, 1.82) is 0 Å². The summed E-state index contributed by atoms with van der Waals surface area (Å²) in [4.78, 5) is 0. The number of fused-ring (bicyclic) bond motifs is 1. The summed E-state index contributed by atoms with van der Waals surface area (Å²) in [6.07, 6.45) is 0. The first-order valence-electron chi connectivity index (χ1n) is 6.74. The standard InChI is InChI=1S/C18H14F2O2/c1-21-13-6-3-11(4-7-13)15-9-12-5-8-14(22-2)10-16(12)18(20)17(15)19/h3-10H,1-2H3. The van der Waals surface area contributed by atoms with Crippen LogP contribution in [0, 0.1) is 11.6 Å². The molecule has 4 heteroatoms. The van der Waals surface area contributed by atoms with Crippen LogP contribution in [0.4, 0.5) is 8.78 Å². The van der Waals surface area contributed by atoms with Crippen molar-refractivity contribution in [3.8, 4) is 22.6 Å². The molecule has 112 valence electrons. The maximum Gasteiger partial charge on any atom is 0.167 e. The fourth-order valence-electron chi connectivity index (χ4n) is 2.41. The zero-order valence-electron chi connectivity index (χ0n) is 12.2. The Morgan fingerprint density at radius 3 is 2.00 bits per heavy atom. The molecule has 22 heavy (non-hydrogen) atoms. The lowest BCUT2D eigenvalue weighted by Gasteiger charge is -2.10. The molecule has 0 radical (unpaired) electrons. The summed E-state index contributed by atoms with van der Waals surface area (Å²) < 4.78 is 38.9. The molecule has 0 aliphatic rings. The van der Waals surface area contributed by atoms with E-state index in [0.29, 0.717) is 22.4 Å². The highest BCUT2D eigenvalue weighted by molar-refractivity contribution is 5.89. The van der Waals surface area contributed by atoms with Gasteiger partial charge < -0.3 is 9.47 Å². The van der Waals surface area contributed by atoms with Crippen molar-refractivity contribution in [2.45, 2.75) is 0 Å². The van der Waals surface area contributed by atoms with E-state index in [1.807, 2.05) is 0 Å². The quantitative estimate of drug-likeness (QED) is 0.691. The molecule has 0 aliphatic heterocycles. The molecule has 0 heterocycles. The number of methoxy groups -OCH3 is 2. The lowest BCUT2D eigenvalue weighted by Crippen LogP contribution is -1.93. The zero-order chi connectivity index (χ0) is 15.7. The van der Waals surface area contributed by atoms with E-state index in [9.17, 15) is 8.78 Å². The number of hydrogen-bond acceptors (Lipinski definition) is 2. The van der Waals surface area contributed by atoms with Crippen LogP contribution in [0.15, 0.2) is 48.5 Å². The van der Waals surface area contributed by atoms with Gasteiger partial charge in [-0.3, -0.25) is 0 Å². The first-order chi connectivity index (χ1) is 10.6. The Morgan fingerprint density at radius 1 is 0.727 bits per heavy atom. The Hall–Kier alpha value is -2.62. The number of hydrogen-bond donors (Lipinski definition) is 0. The highest BCUT2D eigenvalue weighted by Crippen LogP contribution is 2.33. The topological polar surface area (TPSA) is 18.5 Å².